The zero-order chi connectivity index (χ0) is 21.1. The van der Waals surface area contributed by atoms with Gasteiger partial charge in [-0.1, -0.05) is 30.3 Å². The topological polar surface area (TPSA) is 109 Å². The minimum atomic E-state index is -1.14. The maximum Gasteiger partial charge on any atom is 0.413 e. The van der Waals surface area contributed by atoms with Gasteiger partial charge >= 0.3 is 12.1 Å². The highest BCUT2D eigenvalue weighted by Crippen LogP contribution is 2.28. The average molecular weight is 404 g/mol. The standard InChI is InChI=1S/C22H20N4O4/c1-26-12-14(15-6-2-4-8-19(15)26)10-17(21(27)28)25-22(29)30-20-9-5-3-7-16(20)18-11-23-13-24-18/h2-9,11-13,17H,10H2,1H3,(H,23,24)(H,25,29)(H,27,28). The van der Waals surface area contributed by atoms with Gasteiger partial charge in [0.15, 0.2) is 0 Å². The molecule has 0 bridgehead atoms. The first kappa shape index (κ1) is 19.3. The number of imidazole rings is 1. The number of rotatable bonds is 6. The molecule has 0 saturated heterocycles. The Balaban J connectivity index is 1.52. The lowest BCUT2D eigenvalue weighted by atomic mass is 10.1. The predicted octanol–water partition coefficient (Wildman–Crippen LogP) is 3.35. The van der Waals surface area contributed by atoms with Crippen LogP contribution in [-0.4, -0.2) is 37.7 Å². The number of carbonyl (C=O) groups is 2. The van der Waals surface area contributed by atoms with Crippen molar-refractivity contribution in [3.8, 4) is 17.0 Å². The van der Waals surface area contributed by atoms with E-state index < -0.39 is 18.1 Å². The molecule has 2 aromatic carbocycles. The number of nitrogens with zero attached hydrogens (tertiary/aromatic N) is 2. The summed E-state index contributed by atoms with van der Waals surface area (Å²) >= 11 is 0. The number of H-pyrrole nitrogens is 1. The maximum atomic E-state index is 12.5. The third-order valence-corrected chi connectivity index (χ3v) is 4.87. The highest BCUT2D eigenvalue weighted by molar-refractivity contribution is 5.86. The van der Waals surface area contributed by atoms with E-state index in [4.69, 9.17) is 4.74 Å². The Labute approximate surface area is 172 Å². The SMILES string of the molecule is Cn1cc(CC(NC(=O)Oc2ccccc2-c2cnc[nH]2)C(=O)O)c2ccccc21. The Hall–Kier alpha value is -4.07. The minimum Gasteiger partial charge on any atom is -0.480 e. The number of amides is 1. The normalized spacial score (nSPS) is 11.9. The zero-order valence-electron chi connectivity index (χ0n) is 16.2. The van der Waals surface area contributed by atoms with E-state index >= 15 is 0 Å². The van der Waals surface area contributed by atoms with Gasteiger partial charge in [-0.05, 0) is 23.8 Å². The van der Waals surface area contributed by atoms with Crippen molar-refractivity contribution in [3.63, 3.8) is 0 Å². The Morgan fingerprint density at radius 2 is 1.97 bits per heavy atom. The van der Waals surface area contributed by atoms with E-state index in [1.54, 1.807) is 24.4 Å². The van der Waals surface area contributed by atoms with E-state index in [9.17, 15) is 14.7 Å². The molecule has 1 unspecified atom stereocenters. The number of aliphatic carboxylic acids is 1. The van der Waals surface area contributed by atoms with E-state index in [1.807, 2.05) is 48.1 Å². The van der Waals surface area contributed by atoms with E-state index in [2.05, 4.69) is 15.3 Å². The van der Waals surface area contributed by atoms with Crippen LogP contribution in [-0.2, 0) is 18.3 Å². The Morgan fingerprint density at radius 1 is 1.20 bits per heavy atom. The van der Waals surface area contributed by atoms with Crippen molar-refractivity contribution in [3.05, 3.63) is 72.8 Å². The minimum absolute atomic E-state index is 0.133. The first-order valence-corrected chi connectivity index (χ1v) is 9.35. The van der Waals surface area contributed by atoms with Crippen LogP contribution in [0.2, 0.25) is 0 Å². The first-order valence-electron chi connectivity index (χ1n) is 9.35. The summed E-state index contributed by atoms with van der Waals surface area (Å²) < 4.78 is 7.35. The number of hydrogen-bond acceptors (Lipinski definition) is 4. The number of carboxylic acid groups (broad SMARTS) is 1. The molecule has 8 nitrogen and oxygen atoms in total. The number of carboxylic acids is 1. The second kappa shape index (κ2) is 8.12. The highest BCUT2D eigenvalue weighted by atomic mass is 16.6. The number of benzene rings is 2. The lowest BCUT2D eigenvalue weighted by molar-refractivity contribution is -0.139. The van der Waals surface area contributed by atoms with Crippen LogP contribution >= 0.6 is 0 Å². The quantitative estimate of drug-likeness (QED) is 0.457. The Kier molecular flexibility index (Phi) is 5.21. The largest absolute Gasteiger partial charge is 0.480 e. The average Bonchev–Trinajstić information content (AvgIpc) is 3.37. The lowest BCUT2D eigenvalue weighted by Crippen LogP contribution is -2.43. The van der Waals surface area contributed by atoms with Gasteiger partial charge in [-0.25, -0.2) is 14.6 Å². The fourth-order valence-electron chi connectivity index (χ4n) is 3.46. The molecule has 0 aliphatic carbocycles. The molecule has 8 heteroatoms. The molecule has 0 radical (unpaired) electrons. The molecule has 0 aliphatic heterocycles. The molecule has 0 fully saturated rings. The van der Waals surface area contributed by atoms with Crippen molar-refractivity contribution in [1.29, 1.82) is 0 Å². The van der Waals surface area contributed by atoms with Gasteiger partial charge in [0.2, 0.25) is 0 Å². The first-order chi connectivity index (χ1) is 14.5. The number of nitrogens with one attached hydrogen (secondary N) is 2. The van der Waals surface area contributed by atoms with Crippen LogP contribution in [0.5, 0.6) is 5.75 Å². The molecule has 4 rings (SSSR count). The second-order valence-corrected chi connectivity index (χ2v) is 6.87. The zero-order valence-corrected chi connectivity index (χ0v) is 16.2. The molecule has 3 N–H and O–H groups in total. The van der Waals surface area contributed by atoms with Gasteiger partial charge < -0.3 is 24.7 Å². The van der Waals surface area contributed by atoms with Crippen molar-refractivity contribution in [2.75, 3.05) is 0 Å². The van der Waals surface area contributed by atoms with Gasteiger partial charge in [0, 0.05) is 36.1 Å². The summed E-state index contributed by atoms with van der Waals surface area (Å²) in [5.41, 5.74) is 3.15. The molecule has 1 amide bonds. The fourth-order valence-corrected chi connectivity index (χ4v) is 3.46. The number of ether oxygens (including phenoxy) is 1. The lowest BCUT2D eigenvalue weighted by Gasteiger charge is -2.15. The molecule has 2 aromatic heterocycles. The number of fused-ring (bicyclic) bond motifs is 1. The Morgan fingerprint density at radius 3 is 2.73 bits per heavy atom. The second-order valence-electron chi connectivity index (χ2n) is 6.87. The van der Waals surface area contributed by atoms with Gasteiger partial charge in [-0.2, -0.15) is 0 Å². The van der Waals surface area contributed by atoms with Crippen LogP contribution < -0.4 is 10.1 Å². The van der Waals surface area contributed by atoms with Crippen LogP contribution in [0, 0.1) is 0 Å². The van der Waals surface area contributed by atoms with Crippen molar-refractivity contribution in [2.24, 2.45) is 7.05 Å². The smallest absolute Gasteiger partial charge is 0.413 e. The van der Waals surface area contributed by atoms with Crippen LogP contribution in [0.4, 0.5) is 4.79 Å². The molecule has 0 aliphatic rings. The van der Waals surface area contributed by atoms with Gasteiger partial charge in [0.1, 0.15) is 11.8 Å². The number of hydrogen-bond donors (Lipinski definition) is 3. The van der Waals surface area contributed by atoms with E-state index in [0.717, 1.165) is 16.5 Å². The maximum absolute atomic E-state index is 12.5. The van der Waals surface area contributed by atoms with E-state index in [-0.39, 0.29) is 6.42 Å². The Bertz CT molecular complexity index is 1200. The third kappa shape index (κ3) is 3.88. The summed E-state index contributed by atoms with van der Waals surface area (Å²) in [5.74, 6) is -0.838. The number of para-hydroxylation sites is 2. The molecular weight excluding hydrogens is 384 g/mol. The molecule has 0 saturated carbocycles. The summed E-state index contributed by atoms with van der Waals surface area (Å²) in [4.78, 5) is 31.2. The number of aromatic amines is 1. The van der Waals surface area contributed by atoms with Crippen LogP contribution in [0.3, 0.4) is 0 Å². The summed E-state index contributed by atoms with van der Waals surface area (Å²) in [7, 11) is 1.90. The molecule has 1 atom stereocenters. The van der Waals surface area contributed by atoms with Crippen molar-refractivity contribution < 1.29 is 19.4 Å². The molecule has 4 aromatic rings. The van der Waals surface area contributed by atoms with E-state index in [0.29, 0.717) is 17.0 Å². The van der Waals surface area contributed by atoms with Gasteiger partial charge in [0.05, 0.1) is 18.2 Å². The summed E-state index contributed by atoms with van der Waals surface area (Å²) in [5, 5.41) is 13.1. The predicted molar refractivity (Wildman–Crippen MR) is 111 cm³/mol. The third-order valence-electron chi connectivity index (χ3n) is 4.87. The molecule has 0 spiro atoms. The number of carbonyl (C=O) groups excluding carboxylic acids is 1. The summed E-state index contributed by atoms with van der Waals surface area (Å²) in [6, 6.07) is 13.5. The summed E-state index contributed by atoms with van der Waals surface area (Å²) in [6.45, 7) is 0. The molecule has 152 valence electrons. The van der Waals surface area contributed by atoms with Gasteiger partial charge in [-0.15, -0.1) is 0 Å². The highest BCUT2D eigenvalue weighted by Gasteiger charge is 2.24. The molecule has 30 heavy (non-hydrogen) atoms. The van der Waals surface area contributed by atoms with Crippen LogP contribution in [0.1, 0.15) is 5.56 Å². The summed E-state index contributed by atoms with van der Waals surface area (Å²) in [6.07, 6.45) is 4.31. The van der Waals surface area contributed by atoms with Crippen molar-refractivity contribution >= 4 is 23.0 Å². The molecule has 2 heterocycles. The van der Waals surface area contributed by atoms with E-state index in [1.165, 1.54) is 6.33 Å². The van der Waals surface area contributed by atoms with Gasteiger partial charge in [0.25, 0.3) is 0 Å². The van der Waals surface area contributed by atoms with Crippen molar-refractivity contribution in [2.45, 2.75) is 12.5 Å². The number of aryl methyl sites for hydroxylation is 1. The molecular formula is C22H20N4O4. The fraction of sp³-hybridized carbons (Fsp3) is 0.136. The van der Waals surface area contributed by atoms with Crippen LogP contribution in [0.25, 0.3) is 22.2 Å². The van der Waals surface area contributed by atoms with Crippen molar-refractivity contribution in [1.82, 2.24) is 19.9 Å². The van der Waals surface area contributed by atoms with Gasteiger partial charge in [-0.3, -0.25) is 0 Å². The number of aromatic nitrogens is 3. The van der Waals surface area contributed by atoms with Crippen LogP contribution in [0.15, 0.2) is 67.3 Å². The monoisotopic (exact) mass is 404 g/mol.